The largest absolute Gasteiger partial charge is 0.461 e. The number of H-pyrrole nitrogens is 1. The molecule has 160 valence electrons. The average Bonchev–Trinajstić information content (AvgIpc) is 3.33. The maximum Gasteiger partial charge on any atom is 0.300 e. The molecule has 0 aliphatic carbocycles. The number of aromatic amines is 1. The third-order valence-electron chi connectivity index (χ3n) is 4.63. The Labute approximate surface area is 187 Å². The normalized spacial score (nSPS) is 10.6. The summed E-state index contributed by atoms with van der Waals surface area (Å²) in [6.07, 6.45) is 1.32. The molecule has 32 heavy (non-hydrogen) atoms. The first-order chi connectivity index (χ1) is 15.4. The van der Waals surface area contributed by atoms with Crippen molar-refractivity contribution >= 4 is 40.6 Å². The van der Waals surface area contributed by atoms with E-state index in [1.54, 1.807) is 55.5 Å². The van der Waals surface area contributed by atoms with Gasteiger partial charge in [-0.25, -0.2) is 4.98 Å². The predicted octanol–water partition coefficient (Wildman–Crippen LogP) is 4.56. The molecule has 0 unspecified atom stereocenters. The van der Waals surface area contributed by atoms with Gasteiger partial charge in [0.1, 0.15) is 0 Å². The van der Waals surface area contributed by atoms with Crippen LogP contribution in [0, 0.1) is 6.92 Å². The Morgan fingerprint density at radius 3 is 2.34 bits per heavy atom. The zero-order valence-electron chi connectivity index (χ0n) is 16.8. The van der Waals surface area contributed by atoms with Crippen LogP contribution in [0.15, 0.2) is 76.1 Å². The number of anilines is 3. The molecule has 0 spiro atoms. The second-order valence-corrected chi connectivity index (χ2v) is 7.29. The van der Waals surface area contributed by atoms with Crippen molar-refractivity contribution in [2.24, 2.45) is 0 Å². The van der Waals surface area contributed by atoms with Crippen molar-refractivity contribution in [2.45, 2.75) is 6.92 Å². The molecule has 0 fully saturated rings. The lowest BCUT2D eigenvalue weighted by atomic mass is 10.1. The van der Waals surface area contributed by atoms with Crippen molar-refractivity contribution < 1.29 is 14.0 Å². The standard InChI is InChI=1S/C23H17ClN4O4/c1-13-19(27-23(28-21(13)30)26-17-10-6-15(24)7-11-17)14-4-8-16(9-5-14)25-22(31)20(29)18-3-2-12-32-18/h2-12H,1H3,(H,25,31)(H2,26,27,28,30). The highest BCUT2D eigenvalue weighted by Crippen LogP contribution is 2.23. The van der Waals surface area contributed by atoms with Crippen LogP contribution in [-0.2, 0) is 4.79 Å². The quantitative estimate of drug-likeness (QED) is 0.294. The zero-order chi connectivity index (χ0) is 22.7. The number of amides is 1. The second-order valence-electron chi connectivity index (χ2n) is 6.86. The van der Waals surface area contributed by atoms with Gasteiger partial charge in [0.25, 0.3) is 17.2 Å². The number of ketones is 1. The van der Waals surface area contributed by atoms with Gasteiger partial charge in [0.15, 0.2) is 5.76 Å². The van der Waals surface area contributed by atoms with E-state index < -0.39 is 11.7 Å². The Balaban J connectivity index is 1.54. The minimum atomic E-state index is -0.812. The van der Waals surface area contributed by atoms with Crippen LogP contribution in [0.25, 0.3) is 11.3 Å². The molecule has 0 bridgehead atoms. The summed E-state index contributed by atoms with van der Waals surface area (Å²) in [7, 11) is 0. The van der Waals surface area contributed by atoms with E-state index in [2.05, 4.69) is 20.6 Å². The molecule has 2 heterocycles. The molecule has 2 aromatic carbocycles. The maximum absolute atomic E-state index is 12.4. The molecule has 0 atom stereocenters. The number of Topliss-reactive ketones (excluding diaryl/α,β-unsaturated/α-hetero) is 1. The summed E-state index contributed by atoms with van der Waals surface area (Å²) < 4.78 is 4.95. The van der Waals surface area contributed by atoms with E-state index in [9.17, 15) is 14.4 Å². The number of benzene rings is 2. The van der Waals surface area contributed by atoms with Gasteiger partial charge >= 0.3 is 0 Å². The fourth-order valence-corrected chi connectivity index (χ4v) is 3.09. The summed E-state index contributed by atoms with van der Waals surface area (Å²) in [6.45, 7) is 1.67. The zero-order valence-corrected chi connectivity index (χ0v) is 17.6. The Hall–Kier alpha value is -4.17. The van der Waals surface area contributed by atoms with E-state index in [1.165, 1.54) is 18.4 Å². The molecule has 3 N–H and O–H groups in total. The van der Waals surface area contributed by atoms with Crippen molar-refractivity contribution in [3.63, 3.8) is 0 Å². The highest BCUT2D eigenvalue weighted by atomic mass is 35.5. The van der Waals surface area contributed by atoms with Gasteiger partial charge in [0, 0.05) is 27.5 Å². The molecule has 1 amide bonds. The van der Waals surface area contributed by atoms with E-state index in [4.69, 9.17) is 16.0 Å². The van der Waals surface area contributed by atoms with Crippen LogP contribution >= 0.6 is 11.6 Å². The van der Waals surface area contributed by atoms with Gasteiger partial charge in [-0.05, 0) is 55.5 Å². The number of furan rings is 1. The number of halogens is 1. The van der Waals surface area contributed by atoms with Crippen LogP contribution < -0.4 is 16.2 Å². The topological polar surface area (TPSA) is 117 Å². The maximum atomic E-state index is 12.4. The van der Waals surface area contributed by atoms with E-state index >= 15 is 0 Å². The fourth-order valence-electron chi connectivity index (χ4n) is 2.96. The molecule has 4 aromatic rings. The average molecular weight is 449 g/mol. The minimum Gasteiger partial charge on any atom is -0.461 e. The molecule has 0 aliphatic rings. The van der Waals surface area contributed by atoms with Gasteiger partial charge in [-0.1, -0.05) is 23.7 Å². The van der Waals surface area contributed by atoms with Gasteiger partial charge in [-0.2, -0.15) is 0 Å². The van der Waals surface area contributed by atoms with Crippen LogP contribution in [0.1, 0.15) is 16.1 Å². The predicted molar refractivity (Wildman–Crippen MR) is 121 cm³/mol. The summed E-state index contributed by atoms with van der Waals surface area (Å²) in [6, 6.07) is 16.6. The molecule has 0 saturated carbocycles. The van der Waals surface area contributed by atoms with E-state index in [-0.39, 0.29) is 17.3 Å². The number of nitrogens with one attached hydrogen (secondary N) is 3. The second kappa shape index (κ2) is 8.91. The molecule has 0 saturated heterocycles. The first-order valence-electron chi connectivity index (χ1n) is 9.54. The molecule has 0 radical (unpaired) electrons. The summed E-state index contributed by atoms with van der Waals surface area (Å²) in [5, 5.41) is 6.16. The van der Waals surface area contributed by atoms with Gasteiger partial charge in [-0.15, -0.1) is 0 Å². The Morgan fingerprint density at radius 2 is 1.69 bits per heavy atom. The first kappa shape index (κ1) is 21.1. The molecule has 4 rings (SSSR count). The lowest BCUT2D eigenvalue weighted by molar-refractivity contribution is -0.112. The van der Waals surface area contributed by atoms with Crippen LogP contribution in [0.2, 0.25) is 5.02 Å². The fraction of sp³-hybridized carbons (Fsp3) is 0.0435. The highest BCUT2D eigenvalue weighted by molar-refractivity contribution is 6.45. The van der Waals surface area contributed by atoms with E-state index in [0.717, 1.165) is 0 Å². The van der Waals surface area contributed by atoms with Crippen LogP contribution in [-0.4, -0.2) is 21.7 Å². The number of carbonyl (C=O) groups is 2. The van der Waals surface area contributed by atoms with Crippen molar-refractivity contribution in [1.82, 2.24) is 9.97 Å². The highest BCUT2D eigenvalue weighted by Gasteiger charge is 2.19. The van der Waals surface area contributed by atoms with Gasteiger partial charge in [-0.3, -0.25) is 19.4 Å². The minimum absolute atomic E-state index is 0.0387. The number of aromatic nitrogens is 2. The summed E-state index contributed by atoms with van der Waals surface area (Å²) in [4.78, 5) is 43.8. The Morgan fingerprint density at radius 1 is 1.00 bits per heavy atom. The number of hydrogen-bond acceptors (Lipinski definition) is 6. The van der Waals surface area contributed by atoms with Gasteiger partial charge < -0.3 is 15.1 Å². The summed E-state index contributed by atoms with van der Waals surface area (Å²) in [5.41, 5.74) is 2.44. The number of rotatable bonds is 6. The number of hydrogen-bond donors (Lipinski definition) is 3. The smallest absolute Gasteiger partial charge is 0.300 e. The van der Waals surface area contributed by atoms with Crippen molar-refractivity contribution in [3.8, 4) is 11.3 Å². The molecule has 8 nitrogen and oxygen atoms in total. The number of carbonyl (C=O) groups excluding carboxylic acids is 2. The van der Waals surface area contributed by atoms with Crippen molar-refractivity contribution in [3.05, 3.63) is 93.6 Å². The number of nitrogens with zero attached hydrogens (tertiary/aromatic N) is 1. The molecular weight excluding hydrogens is 432 g/mol. The van der Waals surface area contributed by atoms with E-state index in [1.807, 2.05) is 0 Å². The van der Waals surface area contributed by atoms with Crippen LogP contribution in [0.3, 0.4) is 0 Å². The Kier molecular flexibility index (Phi) is 5.87. The van der Waals surface area contributed by atoms with Crippen LogP contribution in [0.5, 0.6) is 0 Å². The molecule has 0 aliphatic heterocycles. The van der Waals surface area contributed by atoms with Crippen LogP contribution in [0.4, 0.5) is 17.3 Å². The molecule has 2 aromatic heterocycles. The van der Waals surface area contributed by atoms with Gasteiger partial charge in [0.2, 0.25) is 5.95 Å². The molecule has 9 heteroatoms. The first-order valence-corrected chi connectivity index (χ1v) is 9.91. The molecular formula is C23H17ClN4O4. The third kappa shape index (κ3) is 4.60. The van der Waals surface area contributed by atoms with E-state index in [0.29, 0.717) is 33.2 Å². The monoisotopic (exact) mass is 448 g/mol. The van der Waals surface area contributed by atoms with Gasteiger partial charge in [0.05, 0.1) is 12.0 Å². The van der Waals surface area contributed by atoms with Crippen molar-refractivity contribution in [2.75, 3.05) is 10.6 Å². The van der Waals surface area contributed by atoms with Crippen molar-refractivity contribution in [1.29, 1.82) is 0 Å². The SMILES string of the molecule is Cc1c(-c2ccc(NC(=O)C(=O)c3ccco3)cc2)nc(Nc2ccc(Cl)cc2)[nH]c1=O. The Bertz CT molecular complexity index is 1330. The summed E-state index contributed by atoms with van der Waals surface area (Å²) in [5.74, 6) is -1.35. The lowest BCUT2D eigenvalue weighted by Crippen LogP contribution is -2.22. The third-order valence-corrected chi connectivity index (χ3v) is 4.88. The summed E-state index contributed by atoms with van der Waals surface area (Å²) >= 11 is 5.90. The lowest BCUT2D eigenvalue weighted by Gasteiger charge is -2.10.